The minimum absolute atomic E-state index is 0.700. The third-order valence-corrected chi connectivity index (χ3v) is 4.37. The van der Waals surface area contributed by atoms with Crippen molar-refractivity contribution in [2.75, 3.05) is 0 Å². The van der Waals surface area contributed by atoms with E-state index in [9.17, 15) is 0 Å². The van der Waals surface area contributed by atoms with Crippen LogP contribution in [0.1, 0.15) is 50.7 Å². The molecule has 1 heterocycles. The highest BCUT2D eigenvalue weighted by Crippen LogP contribution is 2.30. The van der Waals surface area contributed by atoms with E-state index in [1.807, 2.05) is 12.4 Å². The first-order valence-electron chi connectivity index (χ1n) is 7.31. The van der Waals surface area contributed by atoms with E-state index in [4.69, 9.17) is 0 Å². The van der Waals surface area contributed by atoms with Crippen LogP contribution in [0.25, 0.3) is 0 Å². The fourth-order valence-electron chi connectivity index (χ4n) is 3.15. The molecule has 0 radical (unpaired) electrons. The molecule has 1 aromatic rings. The van der Waals surface area contributed by atoms with Crippen LogP contribution < -0.4 is 5.32 Å². The summed E-state index contributed by atoms with van der Waals surface area (Å²) in [6.07, 6.45) is 9.38. The summed E-state index contributed by atoms with van der Waals surface area (Å²) >= 11 is 0. The maximum atomic E-state index is 4.16. The number of nitrogens with zero attached hydrogens (tertiary/aromatic N) is 1. The summed E-state index contributed by atoms with van der Waals surface area (Å²) in [5, 5.41) is 3.78. The lowest BCUT2D eigenvalue weighted by atomic mass is 9.78. The Hall–Kier alpha value is -0.890. The van der Waals surface area contributed by atoms with Crippen LogP contribution in [0.2, 0.25) is 0 Å². The van der Waals surface area contributed by atoms with Gasteiger partial charge in [0.05, 0.1) is 0 Å². The molecule has 100 valence electrons. The van der Waals surface area contributed by atoms with Crippen molar-refractivity contribution in [1.82, 2.24) is 10.3 Å². The van der Waals surface area contributed by atoms with Crippen LogP contribution in [0.5, 0.6) is 0 Å². The van der Waals surface area contributed by atoms with Crippen molar-refractivity contribution in [2.24, 2.45) is 11.8 Å². The van der Waals surface area contributed by atoms with Gasteiger partial charge < -0.3 is 5.32 Å². The first-order valence-corrected chi connectivity index (χ1v) is 7.31. The molecule has 0 saturated heterocycles. The first-order chi connectivity index (χ1) is 8.68. The highest BCUT2D eigenvalue weighted by molar-refractivity contribution is 5.21. The van der Waals surface area contributed by atoms with Crippen molar-refractivity contribution in [2.45, 2.75) is 59.0 Å². The minimum Gasteiger partial charge on any atom is -0.310 e. The molecule has 0 amide bonds. The molecule has 1 fully saturated rings. The van der Waals surface area contributed by atoms with Gasteiger partial charge in [-0.3, -0.25) is 4.98 Å². The molecule has 18 heavy (non-hydrogen) atoms. The lowest BCUT2D eigenvalue weighted by Crippen LogP contribution is -2.40. The molecule has 1 aliphatic rings. The number of hydrogen-bond acceptors (Lipinski definition) is 2. The number of aryl methyl sites for hydroxylation is 1. The van der Waals surface area contributed by atoms with Crippen LogP contribution in [-0.2, 0) is 6.54 Å². The molecule has 2 unspecified atom stereocenters. The van der Waals surface area contributed by atoms with E-state index in [1.165, 1.54) is 36.8 Å². The normalized spacial score (nSPS) is 24.4. The topological polar surface area (TPSA) is 24.9 Å². The van der Waals surface area contributed by atoms with Gasteiger partial charge in [-0.15, -0.1) is 0 Å². The fraction of sp³-hybridized carbons (Fsp3) is 0.688. The van der Waals surface area contributed by atoms with Crippen molar-refractivity contribution < 1.29 is 0 Å². The highest BCUT2D eigenvalue weighted by atomic mass is 14.9. The molecule has 2 nitrogen and oxygen atoms in total. The van der Waals surface area contributed by atoms with Gasteiger partial charge in [0.15, 0.2) is 0 Å². The van der Waals surface area contributed by atoms with Gasteiger partial charge in [0.2, 0.25) is 0 Å². The zero-order chi connectivity index (χ0) is 13.0. The quantitative estimate of drug-likeness (QED) is 0.876. The summed E-state index contributed by atoms with van der Waals surface area (Å²) in [5.74, 6) is 1.64. The average Bonchev–Trinajstić information content (AvgIpc) is 2.38. The lowest BCUT2D eigenvalue weighted by molar-refractivity contribution is 0.204. The lowest BCUT2D eigenvalue weighted by Gasteiger charge is -2.35. The van der Waals surface area contributed by atoms with Crippen LogP contribution in [0.4, 0.5) is 0 Å². The SMILES string of the molecule is Cc1cnccc1CNC1CCCCC1C(C)C. The molecule has 0 aliphatic heterocycles. The van der Waals surface area contributed by atoms with Crippen molar-refractivity contribution in [3.8, 4) is 0 Å². The first kappa shape index (κ1) is 13.5. The monoisotopic (exact) mass is 246 g/mol. The van der Waals surface area contributed by atoms with Gasteiger partial charge in [-0.25, -0.2) is 0 Å². The summed E-state index contributed by atoms with van der Waals surface area (Å²) in [4.78, 5) is 4.16. The van der Waals surface area contributed by atoms with Gasteiger partial charge in [-0.05, 0) is 48.8 Å². The standard InChI is InChI=1S/C16H26N2/c1-12(2)15-6-4-5-7-16(15)18-11-14-8-9-17-10-13(14)3/h8-10,12,15-16,18H,4-7,11H2,1-3H3. The summed E-state index contributed by atoms with van der Waals surface area (Å²) < 4.78 is 0. The van der Waals surface area contributed by atoms with Crippen molar-refractivity contribution in [3.63, 3.8) is 0 Å². The van der Waals surface area contributed by atoms with Crippen LogP contribution in [0.3, 0.4) is 0 Å². The Labute approximate surface area is 111 Å². The zero-order valence-corrected chi connectivity index (χ0v) is 11.9. The van der Waals surface area contributed by atoms with Gasteiger partial charge in [-0.2, -0.15) is 0 Å². The number of aromatic nitrogens is 1. The molecule has 1 N–H and O–H groups in total. The summed E-state index contributed by atoms with van der Waals surface area (Å²) in [6, 6.07) is 2.83. The Balaban J connectivity index is 1.94. The van der Waals surface area contributed by atoms with Gasteiger partial charge >= 0.3 is 0 Å². The molecule has 0 aromatic carbocycles. The highest BCUT2D eigenvalue weighted by Gasteiger charge is 2.26. The van der Waals surface area contributed by atoms with E-state index in [1.54, 1.807) is 0 Å². The second-order valence-corrected chi connectivity index (χ2v) is 5.98. The van der Waals surface area contributed by atoms with Crippen molar-refractivity contribution >= 4 is 0 Å². The summed E-state index contributed by atoms with van der Waals surface area (Å²) in [7, 11) is 0. The molecule has 2 heteroatoms. The minimum atomic E-state index is 0.700. The molecule has 2 atom stereocenters. The van der Waals surface area contributed by atoms with E-state index in [2.05, 4.69) is 37.1 Å². The van der Waals surface area contributed by atoms with Gasteiger partial charge in [0, 0.05) is 25.0 Å². The summed E-state index contributed by atoms with van der Waals surface area (Å²) in [6.45, 7) is 7.86. The molecular formula is C16H26N2. The van der Waals surface area contributed by atoms with E-state index < -0.39 is 0 Å². The van der Waals surface area contributed by atoms with Crippen LogP contribution in [0.15, 0.2) is 18.5 Å². The Bertz CT molecular complexity index is 373. The van der Waals surface area contributed by atoms with Crippen LogP contribution >= 0.6 is 0 Å². The Morgan fingerprint density at radius 3 is 2.83 bits per heavy atom. The molecule has 1 saturated carbocycles. The average molecular weight is 246 g/mol. The summed E-state index contributed by atoms with van der Waals surface area (Å²) in [5.41, 5.74) is 2.68. The van der Waals surface area contributed by atoms with E-state index in [-0.39, 0.29) is 0 Å². The van der Waals surface area contributed by atoms with Crippen LogP contribution in [0, 0.1) is 18.8 Å². The number of hydrogen-bond donors (Lipinski definition) is 1. The van der Waals surface area contributed by atoms with Crippen molar-refractivity contribution in [1.29, 1.82) is 0 Å². The van der Waals surface area contributed by atoms with E-state index in [0.717, 1.165) is 18.4 Å². The Kier molecular flexibility index (Phi) is 4.76. The maximum absolute atomic E-state index is 4.16. The van der Waals surface area contributed by atoms with Gasteiger partial charge in [0.1, 0.15) is 0 Å². The molecule has 2 rings (SSSR count). The molecule has 0 spiro atoms. The zero-order valence-electron chi connectivity index (χ0n) is 11.9. The Morgan fingerprint density at radius 1 is 1.33 bits per heavy atom. The third-order valence-electron chi connectivity index (χ3n) is 4.37. The van der Waals surface area contributed by atoms with Crippen LogP contribution in [-0.4, -0.2) is 11.0 Å². The maximum Gasteiger partial charge on any atom is 0.0300 e. The number of rotatable bonds is 4. The second-order valence-electron chi connectivity index (χ2n) is 5.98. The van der Waals surface area contributed by atoms with Gasteiger partial charge in [-0.1, -0.05) is 26.7 Å². The largest absolute Gasteiger partial charge is 0.310 e. The van der Waals surface area contributed by atoms with E-state index in [0.29, 0.717) is 6.04 Å². The van der Waals surface area contributed by atoms with Gasteiger partial charge in [0.25, 0.3) is 0 Å². The van der Waals surface area contributed by atoms with E-state index >= 15 is 0 Å². The third kappa shape index (κ3) is 3.32. The second kappa shape index (κ2) is 6.33. The molecular weight excluding hydrogens is 220 g/mol. The fourth-order valence-corrected chi connectivity index (χ4v) is 3.15. The molecule has 1 aromatic heterocycles. The number of nitrogens with one attached hydrogen (secondary N) is 1. The predicted octanol–water partition coefficient (Wildman–Crippen LogP) is 3.69. The Morgan fingerprint density at radius 2 is 2.11 bits per heavy atom. The van der Waals surface area contributed by atoms with Crippen molar-refractivity contribution in [3.05, 3.63) is 29.6 Å². The molecule has 0 bridgehead atoms. The smallest absolute Gasteiger partial charge is 0.0300 e. The predicted molar refractivity (Wildman–Crippen MR) is 76.4 cm³/mol. The number of pyridine rings is 1. The molecule has 1 aliphatic carbocycles.